The van der Waals surface area contributed by atoms with Crippen molar-refractivity contribution in [1.29, 1.82) is 0 Å². The number of anilines is 4. The summed E-state index contributed by atoms with van der Waals surface area (Å²) in [5.41, 5.74) is 16.0. The second-order valence-corrected chi connectivity index (χ2v) is 10.3. The minimum Gasteiger partial charge on any atom is -0.356 e. The molecule has 2 aliphatic rings. The maximum absolute atomic E-state index is 3.88. The van der Waals surface area contributed by atoms with Crippen LogP contribution in [0.3, 0.4) is 0 Å². The molecular formula is C36H25BN2. The van der Waals surface area contributed by atoms with Crippen molar-refractivity contribution in [3.8, 4) is 33.4 Å². The van der Waals surface area contributed by atoms with Gasteiger partial charge in [0.25, 0.3) is 6.71 Å². The molecule has 0 aromatic heterocycles. The second-order valence-electron chi connectivity index (χ2n) is 10.3. The van der Waals surface area contributed by atoms with Gasteiger partial charge in [0.05, 0.1) is 0 Å². The van der Waals surface area contributed by atoms with Crippen LogP contribution in [0.25, 0.3) is 33.4 Å². The second kappa shape index (κ2) is 8.78. The lowest BCUT2D eigenvalue weighted by Crippen LogP contribution is -2.59. The van der Waals surface area contributed by atoms with E-state index in [-0.39, 0.29) is 6.71 Å². The fraction of sp³-hybridized carbons (Fsp3) is 0. The Bertz CT molecular complexity index is 1840. The monoisotopic (exact) mass is 496 g/mol. The summed E-state index contributed by atoms with van der Waals surface area (Å²) in [7, 11) is 0. The number of hydrogen-bond acceptors (Lipinski definition) is 2. The Kier molecular flexibility index (Phi) is 4.96. The van der Waals surface area contributed by atoms with Crippen molar-refractivity contribution in [2.75, 3.05) is 10.6 Å². The molecule has 39 heavy (non-hydrogen) atoms. The lowest BCUT2D eigenvalue weighted by atomic mass is 9.33. The number of rotatable bonds is 3. The Morgan fingerprint density at radius 1 is 0.385 bits per heavy atom. The summed E-state index contributed by atoms with van der Waals surface area (Å²) in [6, 6.07) is 50.2. The van der Waals surface area contributed by atoms with E-state index in [0.29, 0.717) is 0 Å². The summed E-state index contributed by atoms with van der Waals surface area (Å²) < 4.78 is 0. The molecule has 6 aromatic carbocycles. The zero-order valence-corrected chi connectivity index (χ0v) is 21.4. The first-order valence-corrected chi connectivity index (χ1v) is 13.5. The molecule has 0 aliphatic carbocycles. The minimum absolute atomic E-state index is 0.140. The molecule has 0 atom stereocenters. The van der Waals surface area contributed by atoms with Gasteiger partial charge in [-0.25, -0.2) is 0 Å². The summed E-state index contributed by atoms with van der Waals surface area (Å²) >= 11 is 0. The predicted molar refractivity (Wildman–Crippen MR) is 167 cm³/mol. The van der Waals surface area contributed by atoms with Crippen LogP contribution in [-0.2, 0) is 0 Å². The average Bonchev–Trinajstić information content (AvgIpc) is 3.01. The molecule has 2 N–H and O–H groups in total. The van der Waals surface area contributed by atoms with E-state index in [1.165, 1.54) is 66.8 Å². The largest absolute Gasteiger partial charge is 0.356 e. The van der Waals surface area contributed by atoms with E-state index < -0.39 is 0 Å². The van der Waals surface area contributed by atoms with Crippen molar-refractivity contribution in [3.05, 3.63) is 140 Å². The lowest BCUT2D eigenvalue weighted by Gasteiger charge is -2.36. The highest BCUT2D eigenvalue weighted by atomic mass is 14.9. The van der Waals surface area contributed by atoms with Crippen LogP contribution in [0.2, 0.25) is 0 Å². The molecule has 0 saturated carbocycles. The van der Waals surface area contributed by atoms with Gasteiger partial charge in [0, 0.05) is 28.3 Å². The standard InChI is InChI=1S/C36H25BN2/c1-4-10-24(11-5-1)27-16-19-30-33(22-27)38-32-21-18-29(26-14-8-3-9-15-26)36-35(32)37(30)31-20-17-28(23-34(31)39-36)25-12-6-2-7-13-25/h1-23,38-39H. The van der Waals surface area contributed by atoms with Gasteiger partial charge in [-0.1, -0.05) is 121 Å². The minimum atomic E-state index is 0.140. The normalized spacial score (nSPS) is 12.5. The summed E-state index contributed by atoms with van der Waals surface area (Å²) in [5, 5.41) is 7.68. The highest BCUT2D eigenvalue weighted by Crippen LogP contribution is 2.38. The van der Waals surface area contributed by atoms with Gasteiger partial charge in [0.1, 0.15) is 0 Å². The fourth-order valence-electron chi connectivity index (χ4n) is 6.23. The Morgan fingerprint density at radius 2 is 0.897 bits per heavy atom. The zero-order chi connectivity index (χ0) is 25.8. The molecule has 6 aromatic rings. The summed E-state index contributed by atoms with van der Waals surface area (Å²) in [6.45, 7) is 0.140. The average molecular weight is 496 g/mol. The highest BCUT2D eigenvalue weighted by Gasteiger charge is 2.38. The number of hydrogen-bond donors (Lipinski definition) is 2. The molecule has 8 rings (SSSR count). The third-order valence-electron chi connectivity index (χ3n) is 8.09. The van der Waals surface area contributed by atoms with E-state index in [1.807, 2.05) is 0 Å². The Balaban J connectivity index is 1.35. The first-order chi connectivity index (χ1) is 19.3. The van der Waals surface area contributed by atoms with Crippen LogP contribution >= 0.6 is 0 Å². The quantitative estimate of drug-likeness (QED) is 0.251. The third kappa shape index (κ3) is 3.59. The molecule has 0 fully saturated rings. The lowest BCUT2D eigenvalue weighted by molar-refractivity contribution is 1.50. The Morgan fingerprint density at radius 3 is 1.46 bits per heavy atom. The van der Waals surface area contributed by atoms with Crippen LogP contribution in [0.1, 0.15) is 0 Å². The third-order valence-corrected chi connectivity index (χ3v) is 8.09. The summed E-state index contributed by atoms with van der Waals surface area (Å²) in [5.74, 6) is 0. The SMILES string of the molecule is c1ccc(-c2ccc3c(c2)Nc2ccc(-c4ccccc4)c4c2B3c2ccc(-c3ccccc3)cc2N4)cc1. The van der Waals surface area contributed by atoms with Crippen LogP contribution in [0.5, 0.6) is 0 Å². The van der Waals surface area contributed by atoms with Crippen LogP contribution in [0, 0.1) is 0 Å². The molecule has 0 radical (unpaired) electrons. The van der Waals surface area contributed by atoms with E-state index in [9.17, 15) is 0 Å². The molecular weight excluding hydrogens is 471 g/mol. The predicted octanol–water partition coefficient (Wildman–Crippen LogP) is 7.32. The van der Waals surface area contributed by atoms with Gasteiger partial charge in [0.15, 0.2) is 0 Å². The van der Waals surface area contributed by atoms with Crippen molar-refractivity contribution in [3.63, 3.8) is 0 Å². The molecule has 2 heterocycles. The van der Waals surface area contributed by atoms with Crippen LogP contribution < -0.4 is 27.0 Å². The number of benzene rings is 6. The first kappa shape index (κ1) is 22.0. The van der Waals surface area contributed by atoms with Crippen molar-refractivity contribution >= 4 is 45.9 Å². The van der Waals surface area contributed by atoms with E-state index >= 15 is 0 Å². The molecule has 182 valence electrons. The summed E-state index contributed by atoms with van der Waals surface area (Å²) in [6.07, 6.45) is 0. The van der Waals surface area contributed by atoms with Crippen molar-refractivity contribution in [2.45, 2.75) is 0 Å². The fourth-order valence-corrected chi connectivity index (χ4v) is 6.23. The molecule has 0 bridgehead atoms. The van der Waals surface area contributed by atoms with Gasteiger partial charge >= 0.3 is 0 Å². The Hall–Kier alpha value is -5.02. The smallest absolute Gasteiger partial charge is 0.252 e. The van der Waals surface area contributed by atoms with Crippen LogP contribution in [-0.4, -0.2) is 6.71 Å². The van der Waals surface area contributed by atoms with Gasteiger partial charge < -0.3 is 10.6 Å². The van der Waals surface area contributed by atoms with Gasteiger partial charge in [0.2, 0.25) is 0 Å². The molecule has 2 nitrogen and oxygen atoms in total. The van der Waals surface area contributed by atoms with Crippen molar-refractivity contribution in [2.24, 2.45) is 0 Å². The first-order valence-electron chi connectivity index (χ1n) is 13.5. The number of nitrogens with one attached hydrogen (secondary N) is 2. The molecule has 0 unspecified atom stereocenters. The van der Waals surface area contributed by atoms with E-state index in [4.69, 9.17) is 0 Å². The maximum atomic E-state index is 3.88. The Labute approximate surface area is 229 Å². The molecule has 2 aliphatic heterocycles. The van der Waals surface area contributed by atoms with Gasteiger partial charge in [-0.2, -0.15) is 0 Å². The van der Waals surface area contributed by atoms with Gasteiger partial charge in [-0.05, 0) is 62.4 Å². The number of fused-ring (bicyclic) bond motifs is 4. The maximum Gasteiger partial charge on any atom is 0.252 e. The van der Waals surface area contributed by atoms with Crippen LogP contribution in [0.4, 0.5) is 22.7 Å². The van der Waals surface area contributed by atoms with E-state index in [1.54, 1.807) is 0 Å². The summed E-state index contributed by atoms with van der Waals surface area (Å²) in [4.78, 5) is 0. The van der Waals surface area contributed by atoms with Gasteiger partial charge in [-0.15, -0.1) is 0 Å². The van der Waals surface area contributed by atoms with E-state index in [0.717, 1.165) is 5.69 Å². The van der Waals surface area contributed by atoms with E-state index in [2.05, 4.69) is 150 Å². The topological polar surface area (TPSA) is 24.1 Å². The van der Waals surface area contributed by atoms with Crippen molar-refractivity contribution < 1.29 is 0 Å². The molecule has 0 saturated heterocycles. The molecule has 0 spiro atoms. The van der Waals surface area contributed by atoms with Crippen LogP contribution in [0.15, 0.2) is 140 Å². The molecule has 0 amide bonds. The molecule has 3 heteroatoms. The van der Waals surface area contributed by atoms with Crippen molar-refractivity contribution in [1.82, 2.24) is 0 Å². The zero-order valence-electron chi connectivity index (χ0n) is 21.4. The highest BCUT2D eigenvalue weighted by molar-refractivity contribution is 7.00. The van der Waals surface area contributed by atoms with Gasteiger partial charge in [-0.3, -0.25) is 0 Å².